The van der Waals surface area contributed by atoms with Crippen LogP contribution in [0.3, 0.4) is 0 Å². The second kappa shape index (κ2) is 5.99. The van der Waals surface area contributed by atoms with Crippen LogP contribution < -0.4 is 5.32 Å². The average Bonchev–Trinajstić information content (AvgIpc) is 2.38. The standard InChI is InChI=1S/C16H16F3N/c1-10(2)15(11-6-4-3-5-7-11)20-16-13(18)8-12(17)9-14(16)19/h3-10,15,20H,1-2H3. The first-order valence-electron chi connectivity index (χ1n) is 6.45. The fourth-order valence-corrected chi connectivity index (χ4v) is 2.13. The normalized spacial score (nSPS) is 12.5. The Morgan fingerprint density at radius 3 is 1.95 bits per heavy atom. The number of benzene rings is 2. The quantitative estimate of drug-likeness (QED) is 0.838. The summed E-state index contributed by atoms with van der Waals surface area (Å²) in [6, 6.07) is 10.5. The zero-order valence-electron chi connectivity index (χ0n) is 11.3. The van der Waals surface area contributed by atoms with Crippen LogP contribution in [0.4, 0.5) is 18.9 Å². The molecule has 20 heavy (non-hydrogen) atoms. The van der Waals surface area contributed by atoms with Crippen molar-refractivity contribution in [2.24, 2.45) is 5.92 Å². The third-order valence-corrected chi connectivity index (χ3v) is 3.13. The van der Waals surface area contributed by atoms with Crippen molar-refractivity contribution in [3.63, 3.8) is 0 Å². The summed E-state index contributed by atoms with van der Waals surface area (Å²) < 4.78 is 40.3. The van der Waals surface area contributed by atoms with Crippen LogP contribution in [0.1, 0.15) is 25.5 Å². The lowest BCUT2D eigenvalue weighted by Gasteiger charge is -2.24. The second-order valence-corrected chi connectivity index (χ2v) is 5.02. The van der Waals surface area contributed by atoms with Gasteiger partial charge < -0.3 is 5.32 Å². The fraction of sp³-hybridized carbons (Fsp3) is 0.250. The van der Waals surface area contributed by atoms with Crippen LogP contribution in [-0.4, -0.2) is 0 Å². The van der Waals surface area contributed by atoms with Crippen LogP contribution in [-0.2, 0) is 0 Å². The van der Waals surface area contributed by atoms with Crippen molar-refractivity contribution in [1.82, 2.24) is 0 Å². The minimum atomic E-state index is -0.927. The van der Waals surface area contributed by atoms with Gasteiger partial charge in [0.2, 0.25) is 0 Å². The molecule has 1 unspecified atom stereocenters. The lowest BCUT2D eigenvalue weighted by molar-refractivity contribution is 0.518. The number of rotatable bonds is 4. The summed E-state index contributed by atoms with van der Waals surface area (Å²) in [5.41, 5.74) is 0.625. The van der Waals surface area contributed by atoms with Crippen LogP contribution in [0.2, 0.25) is 0 Å². The van der Waals surface area contributed by atoms with Gasteiger partial charge in [-0.05, 0) is 11.5 Å². The van der Waals surface area contributed by atoms with Gasteiger partial charge in [0.15, 0.2) is 11.6 Å². The van der Waals surface area contributed by atoms with E-state index in [4.69, 9.17) is 0 Å². The Labute approximate surface area is 116 Å². The summed E-state index contributed by atoms with van der Waals surface area (Å²) in [4.78, 5) is 0. The molecule has 2 aromatic rings. The summed E-state index contributed by atoms with van der Waals surface area (Å²) in [6.45, 7) is 3.90. The van der Waals surface area contributed by atoms with Crippen LogP contribution in [0.25, 0.3) is 0 Å². The van der Waals surface area contributed by atoms with Gasteiger partial charge in [0.1, 0.15) is 11.5 Å². The zero-order chi connectivity index (χ0) is 14.7. The van der Waals surface area contributed by atoms with Gasteiger partial charge in [-0.15, -0.1) is 0 Å². The molecule has 2 aromatic carbocycles. The van der Waals surface area contributed by atoms with E-state index in [1.54, 1.807) is 0 Å². The molecule has 0 spiro atoms. The minimum absolute atomic E-state index is 0.112. The SMILES string of the molecule is CC(C)C(Nc1c(F)cc(F)cc1F)c1ccccc1. The number of anilines is 1. The van der Waals surface area contributed by atoms with Gasteiger partial charge >= 0.3 is 0 Å². The maximum absolute atomic E-state index is 13.7. The third-order valence-electron chi connectivity index (χ3n) is 3.13. The van der Waals surface area contributed by atoms with Gasteiger partial charge in [0, 0.05) is 12.1 Å². The summed E-state index contributed by atoms with van der Waals surface area (Å²) >= 11 is 0. The number of halogens is 3. The fourth-order valence-electron chi connectivity index (χ4n) is 2.13. The second-order valence-electron chi connectivity index (χ2n) is 5.02. The molecule has 0 radical (unpaired) electrons. The molecule has 2 rings (SSSR count). The summed E-state index contributed by atoms with van der Waals surface area (Å²) in [7, 11) is 0. The highest BCUT2D eigenvalue weighted by Gasteiger charge is 2.20. The molecule has 0 saturated heterocycles. The highest BCUT2D eigenvalue weighted by Crippen LogP contribution is 2.29. The average molecular weight is 279 g/mol. The predicted molar refractivity (Wildman–Crippen MR) is 74.0 cm³/mol. The number of hydrogen-bond donors (Lipinski definition) is 1. The van der Waals surface area contributed by atoms with Crippen molar-refractivity contribution >= 4 is 5.69 Å². The van der Waals surface area contributed by atoms with E-state index in [-0.39, 0.29) is 17.6 Å². The topological polar surface area (TPSA) is 12.0 Å². The van der Waals surface area contributed by atoms with E-state index in [1.807, 2.05) is 44.2 Å². The van der Waals surface area contributed by atoms with Gasteiger partial charge in [-0.1, -0.05) is 44.2 Å². The lowest BCUT2D eigenvalue weighted by atomic mass is 9.95. The third kappa shape index (κ3) is 3.13. The molecule has 0 aliphatic rings. The molecule has 0 aromatic heterocycles. The Morgan fingerprint density at radius 1 is 0.900 bits per heavy atom. The van der Waals surface area contributed by atoms with Crippen LogP contribution in [0.5, 0.6) is 0 Å². The Hall–Kier alpha value is -1.97. The first-order valence-corrected chi connectivity index (χ1v) is 6.45. The first-order chi connectivity index (χ1) is 9.49. The monoisotopic (exact) mass is 279 g/mol. The van der Waals surface area contributed by atoms with Crippen molar-refractivity contribution in [2.75, 3.05) is 5.32 Å². The largest absolute Gasteiger partial charge is 0.373 e. The van der Waals surface area contributed by atoms with E-state index in [0.717, 1.165) is 5.56 Å². The molecule has 0 bridgehead atoms. The molecule has 0 saturated carbocycles. The smallest absolute Gasteiger partial charge is 0.152 e. The highest BCUT2D eigenvalue weighted by molar-refractivity contribution is 5.48. The Kier molecular flexibility index (Phi) is 4.32. The maximum atomic E-state index is 13.7. The maximum Gasteiger partial charge on any atom is 0.152 e. The Balaban J connectivity index is 2.35. The van der Waals surface area contributed by atoms with Gasteiger partial charge in [-0.25, -0.2) is 13.2 Å². The molecule has 1 atom stereocenters. The zero-order valence-corrected chi connectivity index (χ0v) is 11.3. The minimum Gasteiger partial charge on any atom is -0.373 e. The predicted octanol–water partition coefficient (Wildman–Crippen LogP) is 4.91. The van der Waals surface area contributed by atoms with Crippen molar-refractivity contribution < 1.29 is 13.2 Å². The molecule has 0 aliphatic carbocycles. The van der Waals surface area contributed by atoms with Gasteiger partial charge in [0.05, 0.1) is 6.04 Å². The van der Waals surface area contributed by atoms with Crippen molar-refractivity contribution in [2.45, 2.75) is 19.9 Å². The number of nitrogens with one attached hydrogen (secondary N) is 1. The molecule has 0 amide bonds. The van der Waals surface area contributed by atoms with E-state index in [9.17, 15) is 13.2 Å². The molecule has 1 N–H and O–H groups in total. The van der Waals surface area contributed by atoms with E-state index in [1.165, 1.54) is 0 Å². The molecule has 0 aliphatic heterocycles. The molecule has 0 heterocycles. The molecule has 1 nitrogen and oxygen atoms in total. The van der Waals surface area contributed by atoms with Gasteiger partial charge in [0.25, 0.3) is 0 Å². The molecule has 0 fully saturated rings. The molecule has 106 valence electrons. The molecule has 4 heteroatoms. The molecular weight excluding hydrogens is 263 g/mol. The van der Waals surface area contributed by atoms with Gasteiger partial charge in [-0.3, -0.25) is 0 Å². The lowest BCUT2D eigenvalue weighted by Crippen LogP contribution is -2.18. The van der Waals surface area contributed by atoms with E-state index in [0.29, 0.717) is 12.1 Å². The highest BCUT2D eigenvalue weighted by atomic mass is 19.1. The Morgan fingerprint density at radius 2 is 1.45 bits per heavy atom. The van der Waals surface area contributed by atoms with Crippen molar-refractivity contribution in [1.29, 1.82) is 0 Å². The van der Waals surface area contributed by atoms with Crippen LogP contribution in [0, 0.1) is 23.4 Å². The molecular formula is C16H16F3N. The summed E-state index contributed by atoms with van der Waals surface area (Å²) in [5.74, 6) is -2.67. The van der Waals surface area contributed by atoms with Crippen LogP contribution >= 0.6 is 0 Å². The summed E-state index contributed by atoms with van der Waals surface area (Å²) in [5, 5.41) is 2.84. The van der Waals surface area contributed by atoms with Crippen molar-refractivity contribution in [3.8, 4) is 0 Å². The summed E-state index contributed by atoms with van der Waals surface area (Å²) in [6.07, 6.45) is 0. The van der Waals surface area contributed by atoms with Gasteiger partial charge in [-0.2, -0.15) is 0 Å². The van der Waals surface area contributed by atoms with E-state index in [2.05, 4.69) is 5.32 Å². The van der Waals surface area contributed by atoms with E-state index >= 15 is 0 Å². The first kappa shape index (κ1) is 14.4. The van der Waals surface area contributed by atoms with Crippen molar-refractivity contribution in [3.05, 3.63) is 65.5 Å². The Bertz CT molecular complexity index is 559. The number of hydrogen-bond acceptors (Lipinski definition) is 1. The van der Waals surface area contributed by atoms with E-state index < -0.39 is 17.5 Å². The van der Waals surface area contributed by atoms with Crippen LogP contribution in [0.15, 0.2) is 42.5 Å².